The Bertz CT molecular complexity index is 333. The summed E-state index contributed by atoms with van der Waals surface area (Å²) in [5.41, 5.74) is 5.52. The maximum atomic E-state index is 10.4. The average molecular weight is 426 g/mol. The molecule has 3 heteroatoms. The van der Waals surface area contributed by atoms with E-state index in [1.807, 2.05) is 0 Å². The molecule has 0 bridgehead atoms. The smallest absolute Gasteiger partial charge is 0.303 e. The summed E-state index contributed by atoms with van der Waals surface area (Å²) in [6.07, 6.45) is 32.9. The summed E-state index contributed by atoms with van der Waals surface area (Å²) in [6.45, 7) is 0.862. The first-order valence-electron chi connectivity index (χ1n) is 13.7. The number of carboxylic acid groups (broad SMARTS) is 1. The fraction of sp³-hybridized carbons (Fsp3) is 0.963. The minimum absolute atomic E-state index is 0.344. The summed E-state index contributed by atoms with van der Waals surface area (Å²) in [5, 5.41) is 8.59. The molecule has 0 aliphatic rings. The molecule has 3 N–H and O–H groups in total. The number of hydrogen-bond acceptors (Lipinski definition) is 2. The molecular formula is C27H55NO2. The van der Waals surface area contributed by atoms with Crippen LogP contribution in [0.1, 0.15) is 161 Å². The molecule has 0 saturated heterocycles. The van der Waals surface area contributed by atoms with E-state index >= 15 is 0 Å². The van der Waals surface area contributed by atoms with E-state index in [1.165, 1.54) is 141 Å². The predicted octanol–water partition coefficient (Wildman–Crippen LogP) is 8.78. The fourth-order valence-electron chi connectivity index (χ4n) is 4.31. The molecule has 0 aliphatic heterocycles. The van der Waals surface area contributed by atoms with Gasteiger partial charge in [-0.25, -0.2) is 0 Å². The molecule has 0 unspecified atom stereocenters. The highest BCUT2D eigenvalue weighted by Gasteiger charge is 1.97. The minimum atomic E-state index is -0.652. The van der Waals surface area contributed by atoms with Crippen LogP contribution in [0, 0.1) is 0 Å². The minimum Gasteiger partial charge on any atom is -0.481 e. The number of unbranched alkanes of at least 4 members (excludes halogenated alkanes) is 23. The third-order valence-electron chi connectivity index (χ3n) is 6.34. The van der Waals surface area contributed by atoms with Gasteiger partial charge < -0.3 is 10.8 Å². The number of carbonyl (C=O) groups is 1. The molecule has 0 aromatic rings. The van der Waals surface area contributed by atoms with Gasteiger partial charge in [0.25, 0.3) is 0 Å². The molecule has 0 atom stereocenters. The van der Waals surface area contributed by atoms with Crippen molar-refractivity contribution in [2.75, 3.05) is 6.54 Å². The average Bonchev–Trinajstić information content (AvgIpc) is 2.73. The van der Waals surface area contributed by atoms with Crippen LogP contribution < -0.4 is 5.73 Å². The van der Waals surface area contributed by atoms with Crippen LogP contribution in [0.4, 0.5) is 0 Å². The second-order valence-corrected chi connectivity index (χ2v) is 9.42. The lowest BCUT2D eigenvalue weighted by Crippen LogP contribution is -1.97. The molecule has 30 heavy (non-hydrogen) atoms. The SMILES string of the molecule is NCCCCCCCCCCCCCCCCCCCCCCCCCCC(=O)O. The van der Waals surface area contributed by atoms with Crippen molar-refractivity contribution >= 4 is 5.97 Å². The largest absolute Gasteiger partial charge is 0.481 e. The third-order valence-corrected chi connectivity index (χ3v) is 6.34. The lowest BCUT2D eigenvalue weighted by molar-refractivity contribution is -0.137. The number of aliphatic carboxylic acids is 1. The van der Waals surface area contributed by atoms with Crippen LogP contribution in [-0.4, -0.2) is 17.6 Å². The standard InChI is InChI=1S/C27H55NO2/c28-26-24-22-20-18-16-14-12-10-8-6-4-2-1-3-5-7-9-11-13-15-17-19-21-23-25-27(29)30/h1-26,28H2,(H,29,30). The zero-order chi connectivity index (χ0) is 22.0. The summed E-state index contributed by atoms with van der Waals surface area (Å²) in [7, 11) is 0. The normalized spacial score (nSPS) is 11.2. The van der Waals surface area contributed by atoms with Crippen LogP contribution >= 0.6 is 0 Å². The highest BCUT2D eigenvalue weighted by atomic mass is 16.4. The highest BCUT2D eigenvalue weighted by molar-refractivity contribution is 5.66. The molecule has 0 aromatic carbocycles. The van der Waals surface area contributed by atoms with E-state index in [4.69, 9.17) is 10.8 Å². The van der Waals surface area contributed by atoms with Crippen molar-refractivity contribution in [2.24, 2.45) is 5.73 Å². The van der Waals surface area contributed by atoms with Gasteiger partial charge in [-0.15, -0.1) is 0 Å². The van der Waals surface area contributed by atoms with Crippen molar-refractivity contribution in [2.45, 2.75) is 161 Å². The zero-order valence-corrected chi connectivity index (χ0v) is 20.3. The van der Waals surface area contributed by atoms with Crippen molar-refractivity contribution in [1.82, 2.24) is 0 Å². The molecule has 3 nitrogen and oxygen atoms in total. The summed E-state index contributed by atoms with van der Waals surface area (Å²) < 4.78 is 0. The van der Waals surface area contributed by atoms with Crippen LogP contribution in [0.2, 0.25) is 0 Å². The zero-order valence-electron chi connectivity index (χ0n) is 20.3. The first-order valence-corrected chi connectivity index (χ1v) is 13.7. The second kappa shape index (κ2) is 26.5. The maximum absolute atomic E-state index is 10.4. The number of carboxylic acids is 1. The number of hydrogen-bond donors (Lipinski definition) is 2. The van der Waals surface area contributed by atoms with E-state index in [0.29, 0.717) is 6.42 Å². The third kappa shape index (κ3) is 27.4. The first kappa shape index (κ1) is 29.4. The Balaban J connectivity index is 2.99. The van der Waals surface area contributed by atoms with Gasteiger partial charge in [-0.05, 0) is 19.4 Å². The van der Waals surface area contributed by atoms with Crippen LogP contribution in [0.15, 0.2) is 0 Å². The van der Waals surface area contributed by atoms with Crippen LogP contribution in [0.3, 0.4) is 0 Å². The van der Waals surface area contributed by atoms with Crippen molar-refractivity contribution < 1.29 is 9.90 Å². The molecular weight excluding hydrogens is 370 g/mol. The summed E-state index contributed by atoms with van der Waals surface area (Å²) in [4.78, 5) is 10.4. The van der Waals surface area contributed by atoms with Gasteiger partial charge >= 0.3 is 5.97 Å². The molecule has 0 spiro atoms. The number of nitrogens with two attached hydrogens (primary N) is 1. The number of rotatable bonds is 26. The quantitative estimate of drug-likeness (QED) is 0.136. The topological polar surface area (TPSA) is 63.3 Å². The van der Waals surface area contributed by atoms with Crippen molar-refractivity contribution in [3.63, 3.8) is 0 Å². The van der Waals surface area contributed by atoms with Gasteiger partial charge in [-0.1, -0.05) is 141 Å². The Morgan fingerprint density at radius 1 is 0.400 bits per heavy atom. The molecule has 0 aromatic heterocycles. The van der Waals surface area contributed by atoms with Gasteiger partial charge in [0.15, 0.2) is 0 Å². The summed E-state index contributed by atoms with van der Waals surface area (Å²) in [6, 6.07) is 0. The van der Waals surface area contributed by atoms with E-state index < -0.39 is 5.97 Å². The Morgan fingerprint density at radius 3 is 0.800 bits per heavy atom. The van der Waals surface area contributed by atoms with E-state index in [0.717, 1.165) is 19.4 Å². The molecule has 0 aliphatic carbocycles. The molecule has 0 fully saturated rings. The molecule has 180 valence electrons. The fourth-order valence-corrected chi connectivity index (χ4v) is 4.31. The van der Waals surface area contributed by atoms with E-state index in [-0.39, 0.29) is 0 Å². The Hall–Kier alpha value is -0.570. The van der Waals surface area contributed by atoms with E-state index in [1.54, 1.807) is 0 Å². The van der Waals surface area contributed by atoms with Gasteiger partial charge in [0.05, 0.1) is 0 Å². The maximum Gasteiger partial charge on any atom is 0.303 e. The lowest BCUT2D eigenvalue weighted by atomic mass is 10.0. The molecule has 0 radical (unpaired) electrons. The van der Waals surface area contributed by atoms with Crippen molar-refractivity contribution in [3.05, 3.63) is 0 Å². The van der Waals surface area contributed by atoms with Crippen LogP contribution in [-0.2, 0) is 4.79 Å². The van der Waals surface area contributed by atoms with Gasteiger partial charge in [-0.2, -0.15) is 0 Å². The molecule has 0 amide bonds. The van der Waals surface area contributed by atoms with Gasteiger partial charge in [-0.3, -0.25) is 4.79 Å². The monoisotopic (exact) mass is 425 g/mol. The summed E-state index contributed by atoms with van der Waals surface area (Å²) >= 11 is 0. The summed E-state index contributed by atoms with van der Waals surface area (Å²) in [5.74, 6) is -0.652. The molecule has 0 rings (SSSR count). The van der Waals surface area contributed by atoms with Crippen LogP contribution in [0.25, 0.3) is 0 Å². The van der Waals surface area contributed by atoms with Crippen molar-refractivity contribution in [1.29, 1.82) is 0 Å². The first-order chi connectivity index (χ1) is 14.8. The Morgan fingerprint density at radius 2 is 0.600 bits per heavy atom. The Kier molecular flexibility index (Phi) is 26.0. The van der Waals surface area contributed by atoms with Gasteiger partial charge in [0.2, 0.25) is 0 Å². The predicted molar refractivity (Wildman–Crippen MR) is 132 cm³/mol. The molecule has 0 heterocycles. The lowest BCUT2D eigenvalue weighted by Gasteiger charge is -2.04. The second-order valence-electron chi connectivity index (χ2n) is 9.42. The van der Waals surface area contributed by atoms with Crippen molar-refractivity contribution in [3.8, 4) is 0 Å². The van der Waals surface area contributed by atoms with Crippen LogP contribution in [0.5, 0.6) is 0 Å². The van der Waals surface area contributed by atoms with Gasteiger partial charge in [0.1, 0.15) is 0 Å². The molecule has 0 saturated carbocycles. The highest BCUT2D eigenvalue weighted by Crippen LogP contribution is 2.15. The van der Waals surface area contributed by atoms with E-state index in [2.05, 4.69) is 0 Å². The Labute approximate surface area is 189 Å². The van der Waals surface area contributed by atoms with E-state index in [9.17, 15) is 4.79 Å². The van der Waals surface area contributed by atoms with Gasteiger partial charge in [0, 0.05) is 6.42 Å².